The number of thiazole rings is 1. The molecule has 23 heavy (non-hydrogen) atoms. The summed E-state index contributed by atoms with van der Waals surface area (Å²) in [5.41, 5.74) is 5.56. The van der Waals surface area contributed by atoms with Gasteiger partial charge in [0, 0.05) is 20.4 Å². The van der Waals surface area contributed by atoms with Gasteiger partial charge >= 0.3 is 0 Å². The minimum atomic E-state index is 0.577. The van der Waals surface area contributed by atoms with Crippen LogP contribution in [-0.2, 0) is 0 Å². The molecule has 0 saturated carbocycles. The maximum atomic E-state index is 6.20. The van der Waals surface area contributed by atoms with E-state index in [1.807, 2.05) is 35.7 Å². The van der Waals surface area contributed by atoms with E-state index >= 15 is 0 Å². The first-order valence-electron chi connectivity index (χ1n) is 6.57. The zero-order valence-electron chi connectivity index (χ0n) is 11.6. The van der Waals surface area contributed by atoms with Crippen molar-refractivity contribution in [3.05, 3.63) is 67.9 Å². The molecular formula is C16H10BrCl2N3S. The lowest BCUT2D eigenvalue weighted by Crippen LogP contribution is -1.90. The molecule has 2 aromatic carbocycles. The number of hydrogen-bond acceptors (Lipinski definition) is 4. The Morgan fingerprint density at radius 2 is 1.91 bits per heavy atom. The van der Waals surface area contributed by atoms with Crippen LogP contribution >= 0.6 is 50.5 Å². The van der Waals surface area contributed by atoms with Gasteiger partial charge in [0.25, 0.3) is 0 Å². The number of nitrogens with zero attached hydrogens (tertiary/aromatic N) is 2. The highest BCUT2D eigenvalue weighted by molar-refractivity contribution is 9.10. The fourth-order valence-corrected chi connectivity index (χ4v) is 3.29. The Kier molecular flexibility index (Phi) is 5.33. The molecule has 1 aromatic heterocycles. The number of aromatic nitrogens is 1. The summed E-state index contributed by atoms with van der Waals surface area (Å²) in [6.45, 7) is 0. The van der Waals surface area contributed by atoms with Crippen molar-refractivity contribution in [3.63, 3.8) is 0 Å². The number of nitrogens with one attached hydrogen (secondary N) is 1. The molecule has 0 unspecified atom stereocenters. The van der Waals surface area contributed by atoms with Gasteiger partial charge in [-0.05, 0) is 35.9 Å². The summed E-state index contributed by atoms with van der Waals surface area (Å²) in [7, 11) is 0. The summed E-state index contributed by atoms with van der Waals surface area (Å²) in [6.07, 6.45) is 1.74. The Morgan fingerprint density at radius 3 is 2.65 bits per heavy atom. The van der Waals surface area contributed by atoms with Crippen molar-refractivity contribution < 1.29 is 0 Å². The summed E-state index contributed by atoms with van der Waals surface area (Å²) in [6, 6.07) is 13.2. The van der Waals surface area contributed by atoms with E-state index in [1.165, 1.54) is 11.3 Å². The predicted molar refractivity (Wildman–Crippen MR) is 103 cm³/mol. The van der Waals surface area contributed by atoms with Crippen LogP contribution in [0.2, 0.25) is 10.0 Å². The quantitative estimate of drug-likeness (QED) is 0.391. The van der Waals surface area contributed by atoms with E-state index in [-0.39, 0.29) is 0 Å². The van der Waals surface area contributed by atoms with Crippen LogP contribution in [0.25, 0.3) is 11.3 Å². The van der Waals surface area contributed by atoms with E-state index in [9.17, 15) is 0 Å². The summed E-state index contributed by atoms with van der Waals surface area (Å²) < 4.78 is 1.03. The molecule has 116 valence electrons. The Morgan fingerprint density at radius 1 is 1.13 bits per heavy atom. The van der Waals surface area contributed by atoms with Crippen LogP contribution in [0.1, 0.15) is 5.56 Å². The molecule has 0 bridgehead atoms. The summed E-state index contributed by atoms with van der Waals surface area (Å²) in [4.78, 5) is 4.47. The molecule has 1 N–H and O–H groups in total. The number of halogens is 3. The first-order valence-corrected chi connectivity index (χ1v) is 9.00. The number of hydrogen-bond donors (Lipinski definition) is 1. The summed E-state index contributed by atoms with van der Waals surface area (Å²) >= 11 is 17.0. The van der Waals surface area contributed by atoms with E-state index in [1.54, 1.807) is 18.3 Å². The van der Waals surface area contributed by atoms with E-state index in [0.29, 0.717) is 15.2 Å². The zero-order valence-corrected chi connectivity index (χ0v) is 15.5. The third-order valence-corrected chi connectivity index (χ3v) is 4.78. The SMILES string of the molecule is Clc1ccc(-c2csc(N/N=C\c3ccc(Br)cc3)n2)c(Cl)c1. The fraction of sp³-hybridized carbons (Fsp3) is 0. The van der Waals surface area contributed by atoms with Crippen molar-refractivity contribution >= 4 is 61.8 Å². The van der Waals surface area contributed by atoms with Gasteiger partial charge in [0.15, 0.2) is 0 Å². The van der Waals surface area contributed by atoms with Gasteiger partial charge in [-0.3, -0.25) is 5.43 Å². The summed E-state index contributed by atoms with van der Waals surface area (Å²) in [5.74, 6) is 0. The monoisotopic (exact) mass is 425 g/mol. The molecule has 3 rings (SSSR count). The number of benzene rings is 2. The van der Waals surface area contributed by atoms with E-state index in [2.05, 4.69) is 31.4 Å². The van der Waals surface area contributed by atoms with Gasteiger partial charge in [-0.2, -0.15) is 5.10 Å². The topological polar surface area (TPSA) is 37.3 Å². The first kappa shape index (κ1) is 16.5. The van der Waals surface area contributed by atoms with Gasteiger partial charge in [0.2, 0.25) is 5.13 Å². The molecule has 0 radical (unpaired) electrons. The zero-order chi connectivity index (χ0) is 16.2. The Balaban J connectivity index is 1.71. The van der Waals surface area contributed by atoms with Crippen LogP contribution in [0.15, 0.2) is 57.4 Å². The van der Waals surface area contributed by atoms with E-state index < -0.39 is 0 Å². The highest BCUT2D eigenvalue weighted by atomic mass is 79.9. The molecule has 0 spiro atoms. The van der Waals surface area contributed by atoms with Gasteiger partial charge in [0.1, 0.15) is 0 Å². The van der Waals surface area contributed by atoms with Gasteiger partial charge in [-0.25, -0.2) is 4.98 Å². The van der Waals surface area contributed by atoms with Crippen molar-refractivity contribution in [2.45, 2.75) is 0 Å². The van der Waals surface area contributed by atoms with Crippen LogP contribution in [0, 0.1) is 0 Å². The minimum Gasteiger partial charge on any atom is -0.253 e. The highest BCUT2D eigenvalue weighted by Gasteiger charge is 2.08. The smallest absolute Gasteiger partial charge is 0.203 e. The molecule has 0 atom stereocenters. The summed E-state index contributed by atoms with van der Waals surface area (Å²) in [5, 5.41) is 7.99. The molecule has 0 amide bonds. The molecule has 0 aliphatic rings. The highest BCUT2D eigenvalue weighted by Crippen LogP contribution is 2.32. The van der Waals surface area contributed by atoms with Crippen molar-refractivity contribution in [2.24, 2.45) is 5.10 Å². The molecule has 0 aliphatic carbocycles. The van der Waals surface area contributed by atoms with Crippen LogP contribution in [-0.4, -0.2) is 11.2 Å². The van der Waals surface area contributed by atoms with Crippen molar-refractivity contribution in [1.29, 1.82) is 0 Å². The van der Waals surface area contributed by atoms with Crippen molar-refractivity contribution in [3.8, 4) is 11.3 Å². The average Bonchev–Trinajstić information content (AvgIpc) is 2.98. The van der Waals surface area contributed by atoms with Crippen molar-refractivity contribution in [1.82, 2.24) is 4.98 Å². The molecular weight excluding hydrogens is 417 g/mol. The van der Waals surface area contributed by atoms with Crippen LogP contribution in [0.3, 0.4) is 0 Å². The normalized spacial score (nSPS) is 11.1. The Hall–Kier alpha value is -1.40. The van der Waals surface area contributed by atoms with Gasteiger partial charge < -0.3 is 0 Å². The minimum absolute atomic E-state index is 0.577. The predicted octanol–water partition coefficient (Wildman–Crippen LogP) is 6.33. The fourth-order valence-electron chi connectivity index (χ4n) is 1.86. The molecule has 1 heterocycles. The second kappa shape index (κ2) is 7.45. The van der Waals surface area contributed by atoms with Crippen molar-refractivity contribution in [2.75, 3.05) is 5.43 Å². The van der Waals surface area contributed by atoms with Gasteiger partial charge in [0.05, 0.1) is 16.9 Å². The Bertz CT molecular complexity index is 847. The largest absolute Gasteiger partial charge is 0.253 e. The van der Waals surface area contributed by atoms with Crippen LogP contribution in [0.4, 0.5) is 5.13 Å². The van der Waals surface area contributed by atoms with Crippen LogP contribution < -0.4 is 5.43 Å². The molecule has 7 heteroatoms. The lowest BCUT2D eigenvalue weighted by atomic mass is 10.2. The Labute approximate surface area is 156 Å². The van der Waals surface area contributed by atoms with E-state index in [4.69, 9.17) is 23.2 Å². The van der Waals surface area contributed by atoms with Gasteiger partial charge in [-0.1, -0.05) is 51.3 Å². The number of anilines is 1. The molecule has 0 saturated heterocycles. The lowest BCUT2D eigenvalue weighted by molar-refractivity contribution is 1.29. The third-order valence-electron chi connectivity index (χ3n) is 2.96. The average molecular weight is 427 g/mol. The maximum Gasteiger partial charge on any atom is 0.203 e. The second-order valence-corrected chi connectivity index (χ2v) is 7.20. The number of rotatable bonds is 4. The molecule has 0 aliphatic heterocycles. The third kappa shape index (κ3) is 4.32. The van der Waals surface area contributed by atoms with Gasteiger partial charge in [-0.15, -0.1) is 11.3 Å². The molecule has 3 nitrogen and oxygen atoms in total. The lowest BCUT2D eigenvalue weighted by Gasteiger charge is -2.00. The molecule has 0 fully saturated rings. The van der Waals surface area contributed by atoms with E-state index in [0.717, 1.165) is 21.3 Å². The maximum absolute atomic E-state index is 6.20. The standard InChI is InChI=1S/C16H10BrCl2N3S/c17-11-3-1-10(2-4-11)8-20-22-16-21-15(9-23-16)13-6-5-12(18)7-14(13)19/h1-9H,(H,21,22)/b20-8-. The second-order valence-electron chi connectivity index (χ2n) is 4.58. The molecule has 3 aromatic rings. The number of hydrazone groups is 1. The first-order chi connectivity index (χ1) is 11.1. The van der Waals surface area contributed by atoms with Crippen LogP contribution in [0.5, 0.6) is 0 Å².